The van der Waals surface area contributed by atoms with Gasteiger partial charge in [0.2, 0.25) is 17.6 Å². The number of aromatic nitrogens is 2. The van der Waals surface area contributed by atoms with Gasteiger partial charge in [-0.05, 0) is 49.5 Å². The molecule has 6 nitrogen and oxygen atoms in total. The molecule has 0 saturated heterocycles. The molecule has 0 aliphatic heterocycles. The third-order valence-electron chi connectivity index (χ3n) is 4.47. The fourth-order valence-corrected chi connectivity index (χ4v) is 3.70. The van der Waals surface area contributed by atoms with Crippen LogP contribution in [0.2, 0.25) is 0 Å². The van der Waals surface area contributed by atoms with Crippen molar-refractivity contribution in [3.63, 3.8) is 0 Å². The first-order chi connectivity index (χ1) is 11.7. The van der Waals surface area contributed by atoms with E-state index in [2.05, 4.69) is 15.5 Å². The Labute approximate surface area is 145 Å². The number of hydrogen-bond donors (Lipinski definition) is 2. The molecule has 7 heteroatoms. The molecule has 0 radical (unpaired) electrons. The molecule has 0 bridgehead atoms. The van der Waals surface area contributed by atoms with Crippen LogP contribution in [0.15, 0.2) is 22.0 Å². The monoisotopic (exact) mass is 349 g/mol. The van der Waals surface area contributed by atoms with Crippen LogP contribution in [0.1, 0.15) is 44.4 Å². The van der Waals surface area contributed by atoms with E-state index < -0.39 is 0 Å². The highest BCUT2D eigenvalue weighted by atomic mass is 32.1. The molecule has 24 heavy (non-hydrogen) atoms. The Balaban J connectivity index is 1.36. The van der Waals surface area contributed by atoms with Crippen molar-refractivity contribution in [1.29, 1.82) is 0 Å². The Morgan fingerprint density at radius 3 is 2.92 bits per heavy atom. The Bertz CT molecular complexity index is 633. The summed E-state index contributed by atoms with van der Waals surface area (Å²) in [4.78, 5) is 17.4. The second kappa shape index (κ2) is 8.39. The van der Waals surface area contributed by atoms with E-state index in [4.69, 9.17) is 9.63 Å². The van der Waals surface area contributed by atoms with Gasteiger partial charge >= 0.3 is 0 Å². The van der Waals surface area contributed by atoms with Crippen molar-refractivity contribution in [2.45, 2.75) is 51.0 Å². The van der Waals surface area contributed by atoms with E-state index in [1.54, 1.807) is 11.3 Å². The van der Waals surface area contributed by atoms with Gasteiger partial charge in [0, 0.05) is 25.5 Å². The van der Waals surface area contributed by atoms with Gasteiger partial charge in [-0.25, -0.2) is 0 Å². The second-order valence-electron chi connectivity index (χ2n) is 6.31. The summed E-state index contributed by atoms with van der Waals surface area (Å²) in [5, 5.41) is 18.2. The molecule has 0 spiro atoms. The Kier molecular flexibility index (Phi) is 5.98. The first-order valence-corrected chi connectivity index (χ1v) is 9.39. The number of nitrogens with one attached hydrogen (secondary N) is 1. The molecular weight excluding hydrogens is 326 g/mol. The number of aliphatic hydroxyl groups is 1. The smallest absolute Gasteiger partial charge is 0.226 e. The average molecular weight is 349 g/mol. The highest BCUT2D eigenvalue weighted by Crippen LogP contribution is 2.24. The van der Waals surface area contributed by atoms with Crippen molar-refractivity contribution in [2.75, 3.05) is 6.61 Å². The van der Waals surface area contributed by atoms with Gasteiger partial charge < -0.3 is 14.9 Å². The number of amides is 1. The topological polar surface area (TPSA) is 88.2 Å². The van der Waals surface area contributed by atoms with Gasteiger partial charge in [0.25, 0.3) is 0 Å². The van der Waals surface area contributed by atoms with Gasteiger partial charge in [0.1, 0.15) is 0 Å². The first-order valence-electron chi connectivity index (χ1n) is 8.51. The van der Waals surface area contributed by atoms with Crippen LogP contribution in [-0.4, -0.2) is 33.8 Å². The van der Waals surface area contributed by atoms with Gasteiger partial charge in [0.15, 0.2) is 0 Å². The third-order valence-corrected chi connectivity index (χ3v) is 5.34. The van der Waals surface area contributed by atoms with Crippen LogP contribution in [0.4, 0.5) is 0 Å². The minimum Gasteiger partial charge on any atom is -0.396 e. The van der Waals surface area contributed by atoms with Gasteiger partial charge in [-0.3, -0.25) is 4.79 Å². The summed E-state index contributed by atoms with van der Waals surface area (Å²) in [6.07, 6.45) is 5.70. The van der Waals surface area contributed by atoms with E-state index >= 15 is 0 Å². The molecular formula is C17H23N3O3S. The van der Waals surface area contributed by atoms with E-state index in [1.807, 2.05) is 17.5 Å². The minimum absolute atomic E-state index is 0.0837. The zero-order valence-electron chi connectivity index (χ0n) is 13.6. The zero-order valence-corrected chi connectivity index (χ0v) is 14.4. The van der Waals surface area contributed by atoms with Crippen LogP contribution < -0.4 is 5.32 Å². The molecule has 1 fully saturated rings. The van der Waals surface area contributed by atoms with E-state index in [1.165, 1.54) is 0 Å². The summed E-state index contributed by atoms with van der Waals surface area (Å²) >= 11 is 1.57. The quantitative estimate of drug-likeness (QED) is 0.802. The van der Waals surface area contributed by atoms with Crippen LogP contribution in [0.3, 0.4) is 0 Å². The lowest BCUT2D eigenvalue weighted by Gasteiger charge is -2.27. The van der Waals surface area contributed by atoms with Crippen molar-refractivity contribution in [2.24, 2.45) is 5.92 Å². The molecule has 3 rings (SSSR count). The van der Waals surface area contributed by atoms with Gasteiger partial charge in [0.05, 0.1) is 4.88 Å². The summed E-state index contributed by atoms with van der Waals surface area (Å²) in [6, 6.07) is 4.17. The predicted molar refractivity (Wildman–Crippen MR) is 91.5 cm³/mol. The van der Waals surface area contributed by atoms with Crippen molar-refractivity contribution < 1.29 is 14.4 Å². The van der Waals surface area contributed by atoms with Crippen LogP contribution >= 0.6 is 11.3 Å². The summed E-state index contributed by atoms with van der Waals surface area (Å²) in [6.45, 7) is 0.262. The second-order valence-corrected chi connectivity index (χ2v) is 7.26. The highest BCUT2D eigenvalue weighted by molar-refractivity contribution is 7.13. The summed E-state index contributed by atoms with van der Waals surface area (Å²) < 4.78 is 5.23. The summed E-state index contributed by atoms with van der Waals surface area (Å²) in [5.41, 5.74) is 0. The van der Waals surface area contributed by atoms with E-state index in [0.29, 0.717) is 36.9 Å². The maximum atomic E-state index is 12.0. The summed E-state index contributed by atoms with van der Waals surface area (Å²) in [7, 11) is 0. The van der Waals surface area contributed by atoms with Crippen LogP contribution in [-0.2, 0) is 11.2 Å². The minimum atomic E-state index is 0.0837. The number of thiophene rings is 1. The van der Waals surface area contributed by atoms with Gasteiger partial charge in [-0.1, -0.05) is 11.2 Å². The lowest BCUT2D eigenvalue weighted by molar-refractivity contribution is -0.122. The number of rotatable bonds is 7. The highest BCUT2D eigenvalue weighted by Gasteiger charge is 2.21. The van der Waals surface area contributed by atoms with Gasteiger partial charge in [-0.15, -0.1) is 11.3 Å². The van der Waals surface area contributed by atoms with Crippen LogP contribution in [0.25, 0.3) is 10.7 Å². The third kappa shape index (κ3) is 4.64. The van der Waals surface area contributed by atoms with Gasteiger partial charge in [-0.2, -0.15) is 4.98 Å². The van der Waals surface area contributed by atoms with Crippen molar-refractivity contribution in [3.8, 4) is 10.7 Å². The zero-order chi connectivity index (χ0) is 16.8. The molecule has 1 aliphatic carbocycles. The average Bonchev–Trinajstić information content (AvgIpc) is 3.27. The number of carbonyl (C=O) groups excluding carboxylic acids is 1. The molecule has 2 aromatic rings. The van der Waals surface area contributed by atoms with E-state index in [9.17, 15) is 4.79 Å². The summed E-state index contributed by atoms with van der Waals surface area (Å²) in [5.74, 6) is 1.69. The number of aryl methyl sites for hydroxylation is 1. The maximum Gasteiger partial charge on any atom is 0.226 e. The van der Waals surface area contributed by atoms with Crippen molar-refractivity contribution >= 4 is 17.2 Å². The Hall–Kier alpha value is -1.73. The molecule has 2 heterocycles. The standard InChI is InChI=1S/C17H23N3O3S/c21-11-12-6-8-13(9-7-12)18-15(22)4-1-5-16-19-17(20-23-16)14-3-2-10-24-14/h2-3,10,12-13,21H,1,4-9,11H2,(H,18,22). The molecule has 1 saturated carbocycles. The molecule has 2 aromatic heterocycles. The normalized spacial score (nSPS) is 20.9. The fourth-order valence-electron chi connectivity index (χ4n) is 3.05. The van der Waals surface area contributed by atoms with E-state index in [0.717, 1.165) is 30.6 Å². The predicted octanol–water partition coefficient (Wildman–Crippen LogP) is 2.79. The molecule has 0 unspecified atom stereocenters. The lowest BCUT2D eigenvalue weighted by Crippen LogP contribution is -2.38. The number of aliphatic hydroxyl groups excluding tert-OH is 1. The Morgan fingerprint density at radius 2 is 2.21 bits per heavy atom. The van der Waals surface area contributed by atoms with E-state index in [-0.39, 0.29) is 18.6 Å². The molecule has 1 amide bonds. The molecule has 2 N–H and O–H groups in total. The molecule has 1 aliphatic rings. The first kappa shape index (κ1) is 17.1. The molecule has 0 aromatic carbocycles. The Morgan fingerprint density at radius 1 is 1.38 bits per heavy atom. The number of carbonyl (C=O) groups is 1. The van der Waals surface area contributed by atoms with Crippen molar-refractivity contribution in [3.05, 3.63) is 23.4 Å². The fraction of sp³-hybridized carbons (Fsp3) is 0.588. The molecule has 0 atom stereocenters. The largest absolute Gasteiger partial charge is 0.396 e. The maximum absolute atomic E-state index is 12.0. The number of nitrogens with zero attached hydrogens (tertiary/aromatic N) is 2. The van der Waals surface area contributed by atoms with Crippen molar-refractivity contribution in [1.82, 2.24) is 15.5 Å². The van der Waals surface area contributed by atoms with Crippen LogP contribution in [0.5, 0.6) is 0 Å². The molecule has 130 valence electrons. The lowest BCUT2D eigenvalue weighted by atomic mass is 9.86. The SMILES string of the molecule is O=C(CCCc1nc(-c2cccs2)no1)NC1CCC(CO)CC1. The van der Waals surface area contributed by atoms with Crippen LogP contribution in [0, 0.1) is 5.92 Å². The number of hydrogen-bond acceptors (Lipinski definition) is 6.